The first-order valence-corrected chi connectivity index (χ1v) is 13.4. The van der Waals surface area contributed by atoms with E-state index in [2.05, 4.69) is 11.9 Å². The summed E-state index contributed by atoms with van der Waals surface area (Å²) in [5, 5.41) is 12.0. The number of piperidine rings is 1. The molecule has 2 heterocycles. The van der Waals surface area contributed by atoms with E-state index in [0.29, 0.717) is 25.4 Å². The van der Waals surface area contributed by atoms with E-state index in [1.54, 1.807) is 14.1 Å². The molecule has 35 heavy (non-hydrogen) atoms. The van der Waals surface area contributed by atoms with E-state index < -0.39 is 11.0 Å². The molecule has 0 radical (unpaired) electrons. The number of aromatic nitrogens is 2. The molecule has 8 nitrogen and oxygen atoms in total. The molecule has 1 N–H and O–H groups in total. The monoisotopic (exact) mass is 486 g/mol. The summed E-state index contributed by atoms with van der Waals surface area (Å²) in [5.41, 5.74) is -1.69. The van der Waals surface area contributed by atoms with E-state index in [1.807, 2.05) is 4.90 Å². The molecule has 2 saturated carbocycles. The van der Waals surface area contributed by atoms with Crippen LogP contribution in [0.2, 0.25) is 0 Å². The molecule has 3 aliphatic rings. The van der Waals surface area contributed by atoms with Gasteiger partial charge in [-0.05, 0) is 31.6 Å². The van der Waals surface area contributed by atoms with Gasteiger partial charge in [0.1, 0.15) is 5.69 Å². The molecule has 2 aliphatic carbocycles. The Morgan fingerprint density at radius 1 is 1.14 bits per heavy atom. The minimum Gasteiger partial charge on any atom is -0.387 e. The third-order valence-electron chi connectivity index (χ3n) is 8.91. The van der Waals surface area contributed by atoms with Crippen molar-refractivity contribution in [2.45, 2.75) is 89.7 Å². The molecule has 194 valence electrons. The van der Waals surface area contributed by atoms with E-state index in [9.17, 15) is 19.5 Å². The first-order chi connectivity index (χ1) is 16.6. The smallest absolute Gasteiger partial charge is 0.273 e. The molecular weight excluding hydrogens is 444 g/mol. The van der Waals surface area contributed by atoms with Crippen LogP contribution in [-0.2, 0) is 11.3 Å². The van der Waals surface area contributed by atoms with Gasteiger partial charge in [0, 0.05) is 44.7 Å². The predicted molar refractivity (Wildman–Crippen MR) is 134 cm³/mol. The summed E-state index contributed by atoms with van der Waals surface area (Å²) in [5.74, 6) is 0.588. The van der Waals surface area contributed by atoms with Crippen LogP contribution in [0.4, 0.5) is 0 Å². The van der Waals surface area contributed by atoms with E-state index in [-0.39, 0.29) is 35.5 Å². The zero-order valence-electron chi connectivity index (χ0n) is 21.7. The van der Waals surface area contributed by atoms with Crippen LogP contribution in [0, 0.1) is 17.3 Å². The van der Waals surface area contributed by atoms with Crippen LogP contribution in [0.1, 0.15) is 88.0 Å². The Bertz CT molecular complexity index is 978. The molecule has 0 aromatic carbocycles. The SMILES string of the molecule is CC(CC1CCCCC1)C(=O)N1CCC(O)(Cn2cc(C(=O)N(C)C)ncc2=O)C2(CCCC2)C1. The summed E-state index contributed by atoms with van der Waals surface area (Å²) < 4.78 is 1.44. The van der Waals surface area contributed by atoms with Crippen molar-refractivity contribution in [1.82, 2.24) is 19.4 Å². The van der Waals surface area contributed by atoms with Crippen LogP contribution >= 0.6 is 0 Å². The van der Waals surface area contributed by atoms with Crippen LogP contribution in [0.15, 0.2) is 17.2 Å². The fourth-order valence-electron chi connectivity index (χ4n) is 6.81. The second-order valence-corrected chi connectivity index (χ2v) is 11.6. The van der Waals surface area contributed by atoms with E-state index in [0.717, 1.165) is 38.3 Å². The van der Waals surface area contributed by atoms with Crippen molar-refractivity contribution >= 4 is 11.8 Å². The topological polar surface area (TPSA) is 95.7 Å². The van der Waals surface area contributed by atoms with Crippen LogP contribution in [0.5, 0.6) is 0 Å². The second-order valence-electron chi connectivity index (χ2n) is 11.6. The summed E-state index contributed by atoms with van der Waals surface area (Å²) in [7, 11) is 3.28. The normalized spacial score (nSPS) is 25.5. The lowest BCUT2D eigenvalue weighted by Gasteiger charge is -2.52. The van der Waals surface area contributed by atoms with Crippen molar-refractivity contribution in [1.29, 1.82) is 0 Å². The fraction of sp³-hybridized carbons (Fsp3) is 0.778. The number of carbonyl (C=O) groups is 2. The molecule has 4 rings (SSSR count). The second kappa shape index (κ2) is 10.4. The standard InChI is InChI=1S/C27H42N4O4/c1-20(15-21-9-5-4-6-10-21)24(33)30-14-13-27(35,26(18-30)11-7-8-12-26)19-31-17-22(25(34)29(2)3)28-16-23(31)32/h16-17,20-21,35H,4-15,18-19H2,1-3H3. The summed E-state index contributed by atoms with van der Waals surface area (Å²) in [6.07, 6.45) is 14.1. The maximum absolute atomic E-state index is 13.5. The van der Waals surface area contributed by atoms with E-state index in [1.165, 1.54) is 47.8 Å². The number of aliphatic hydroxyl groups is 1. The lowest BCUT2D eigenvalue weighted by Crippen LogP contribution is -2.62. The Labute approximate surface area is 208 Å². The largest absolute Gasteiger partial charge is 0.387 e. The molecule has 0 bridgehead atoms. The molecule has 2 atom stereocenters. The highest BCUT2D eigenvalue weighted by atomic mass is 16.3. The maximum Gasteiger partial charge on any atom is 0.273 e. The van der Waals surface area contributed by atoms with E-state index in [4.69, 9.17) is 0 Å². The lowest BCUT2D eigenvalue weighted by molar-refractivity contribution is -0.163. The molecule has 1 aromatic heterocycles. The molecule has 3 fully saturated rings. The predicted octanol–water partition coefficient (Wildman–Crippen LogP) is 3.08. The number of hydrogen-bond acceptors (Lipinski definition) is 5. The Hall–Kier alpha value is -2.22. The number of amides is 2. The molecule has 2 unspecified atom stereocenters. The van der Waals surface area contributed by atoms with Gasteiger partial charge in [0.05, 0.1) is 18.3 Å². The van der Waals surface area contributed by atoms with Crippen LogP contribution in [0.25, 0.3) is 0 Å². The zero-order chi connectivity index (χ0) is 25.2. The Morgan fingerprint density at radius 2 is 1.83 bits per heavy atom. The van der Waals surface area contributed by atoms with Gasteiger partial charge < -0.3 is 19.5 Å². The van der Waals surface area contributed by atoms with Crippen molar-refractivity contribution in [2.24, 2.45) is 17.3 Å². The maximum atomic E-state index is 13.5. The minimum atomic E-state index is -1.11. The van der Waals surface area contributed by atoms with Gasteiger partial charge in [-0.1, -0.05) is 51.9 Å². The summed E-state index contributed by atoms with van der Waals surface area (Å²) in [6, 6.07) is 0. The van der Waals surface area contributed by atoms with Gasteiger partial charge in [-0.25, -0.2) is 4.98 Å². The number of rotatable bonds is 6. The zero-order valence-corrected chi connectivity index (χ0v) is 21.7. The summed E-state index contributed by atoms with van der Waals surface area (Å²) in [4.78, 5) is 45.9. The van der Waals surface area contributed by atoms with Crippen LogP contribution in [0.3, 0.4) is 0 Å². The van der Waals surface area contributed by atoms with Crippen LogP contribution in [-0.4, -0.2) is 69.1 Å². The molecule has 1 aliphatic heterocycles. The van der Waals surface area contributed by atoms with Gasteiger partial charge in [0.15, 0.2) is 0 Å². The molecule has 1 aromatic rings. The fourth-order valence-corrected chi connectivity index (χ4v) is 6.81. The quantitative estimate of drug-likeness (QED) is 0.667. The molecule has 8 heteroatoms. The molecule has 1 saturated heterocycles. The average Bonchev–Trinajstić information content (AvgIpc) is 3.32. The first-order valence-electron chi connectivity index (χ1n) is 13.4. The molecule has 1 spiro atoms. The number of hydrogen-bond donors (Lipinski definition) is 1. The first kappa shape index (κ1) is 25.9. The Kier molecular flexibility index (Phi) is 7.69. The average molecular weight is 487 g/mol. The molecule has 2 amide bonds. The summed E-state index contributed by atoms with van der Waals surface area (Å²) in [6.45, 7) is 3.22. The van der Waals surface area contributed by atoms with Crippen molar-refractivity contribution in [3.63, 3.8) is 0 Å². The van der Waals surface area contributed by atoms with Crippen molar-refractivity contribution in [2.75, 3.05) is 27.2 Å². The molecular formula is C27H42N4O4. The van der Waals surface area contributed by atoms with Crippen LogP contribution < -0.4 is 5.56 Å². The highest BCUT2D eigenvalue weighted by Gasteiger charge is 2.55. The Balaban J connectivity index is 1.51. The van der Waals surface area contributed by atoms with Gasteiger partial charge >= 0.3 is 0 Å². The van der Waals surface area contributed by atoms with Gasteiger partial charge in [-0.15, -0.1) is 0 Å². The van der Waals surface area contributed by atoms with Gasteiger partial charge in [-0.2, -0.15) is 0 Å². The van der Waals surface area contributed by atoms with E-state index >= 15 is 0 Å². The number of likely N-dealkylation sites (tertiary alicyclic amines) is 1. The van der Waals surface area contributed by atoms with Crippen molar-refractivity contribution in [3.05, 3.63) is 28.4 Å². The number of nitrogens with zero attached hydrogens (tertiary/aromatic N) is 4. The van der Waals surface area contributed by atoms with Crippen molar-refractivity contribution in [3.8, 4) is 0 Å². The number of carbonyl (C=O) groups excluding carboxylic acids is 2. The lowest BCUT2D eigenvalue weighted by atomic mass is 9.65. The van der Waals surface area contributed by atoms with Gasteiger partial charge in [0.25, 0.3) is 11.5 Å². The third kappa shape index (κ3) is 5.32. The third-order valence-corrected chi connectivity index (χ3v) is 8.91. The highest BCUT2D eigenvalue weighted by Crippen LogP contribution is 2.51. The summed E-state index contributed by atoms with van der Waals surface area (Å²) >= 11 is 0. The Morgan fingerprint density at radius 3 is 2.49 bits per heavy atom. The van der Waals surface area contributed by atoms with Gasteiger partial charge in [-0.3, -0.25) is 14.4 Å². The minimum absolute atomic E-state index is 0.00478. The van der Waals surface area contributed by atoms with Crippen molar-refractivity contribution < 1.29 is 14.7 Å². The highest BCUT2D eigenvalue weighted by molar-refractivity contribution is 5.91. The van der Waals surface area contributed by atoms with Gasteiger partial charge in [0.2, 0.25) is 5.91 Å².